The topological polar surface area (TPSA) is 91.3 Å². The van der Waals surface area contributed by atoms with Gasteiger partial charge in [-0.2, -0.15) is 5.06 Å². The van der Waals surface area contributed by atoms with Crippen molar-refractivity contribution in [1.82, 2.24) is 10.4 Å². The molecule has 9 heteroatoms. The number of nitrogens with one attached hydrogen (secondary N) is 1. The molecule has 3 aliphatic carbocycles. The number of nitrogens with zero attached hydrogens (tertiary/aromatic N) is 1. The summed E-state index contributed by atoms with van der Waals surface area (Å²) in [5.41, 5.74) is 0.522. The summed E-state index contributed by atoms with van der Waals surface area (Å²) in [6.45, 7) is 7.95. The maximum absolute atomic E-state index is 14.8. The first-order valence-electron chi connectivity index (χ1n) is 12.0. The van der Waals surface area contributed by atoms with Crippen LogP contribution in [-0.2, 0) is 16.2 Å². The third-order valence-corrected chi connectivity index (χ3v) is 9.36. The largest absolute Gasteiger partial charge is 0.495 e. The van der Waals surface area contributed by atoms with Crippen LogP contribution in [0.25, 0.3) is 0 Å². The summed E-state index contributed by atoms with van der Waals surface area (Å²) < 4.78 is 20.8. The van der Waals surface area contributed by atoms with E-state index < -0.39 is 30.0 Å². The Morgan fingerprint density at radius 2 is 2.12 bits per heavy atom. The maximum Gasteiger partial charge on any atom is 0.240 e. The summed E-state index contributed by atoms with van der Waals surface area (Å²) in [6.07, 6.45) is 0.418. The molecule has 1 aromatic carbocycles. The molecule has 0 spiro atoms. The van der Waals surface area contributed by atoms with Gasteiger partial charge in [-0.15, -0.1) is 0 Å². The van der Waals surface area contributed by atoms with E-state index in [9.17, 15) is 19.4 Å². The second-order valence-electron chi connectivity index (χ2n) is 10.8. The first-order valence-corrected chi connectivity index (χ1v) is 12.8. The molecule has 4 fully saturated rings. The lowest BCUT2D eigenvalue weighted by Crippen LogP contribution is -2.62. The monoisotopic (exact) mass is 542 g/mol. The van der Waals surface area contributed by atoms with Crippen LogP contribution >= 0.6 is 15.9 Å². The summed E-state index contributed by atoms with van der Waals surface area (Å²) in [7, 11) is 1.45. The third kappa shape index (κ3) is 4.28. The van der Waals surface area contributed by atoms with Crippen molar-refractivity contribution in [3.63, 3.8) is 0 Å². The molecule has 3 N–H and O–H groups in total. The number of fused-ring (bicyclic) bond motifs is 2. The molecular weight excluding hydrogens is 507 g/mol. The lowest BCUT2D eigenvalue weighted by Gasteiger charge is -2.62. The van der Waals surface area contributed by atoms with Crippen LogP contribution in [0.4, 0.5) is 4.39 Å². The van der Waals surface area contributed by atoms with Gasteiger partial charge in [0.2, 0.25) is 5.91 Å². The number of hydroxylamine groups is 2. The second kappa shape index (κ2) is 9.65. The molecule has 5 rings (SSSR count). The minimum absolute atomic E-state index is 0.0334. The van der Waals surface area contributed by atoms with Crippen molar-refractivity contribution in [1.29, 1.82) is 0 Å². The minimum atomic E-state index is -0.914. The van der Waals surface area contributed by atoms with E-state index in [2.05, 4.69) is 42.0 Å². The number of aliphatic hydroxyl groups is 2. The van der Waals surface area contributed by atoms with Crippen molar-refractivity contribution in [3.8, 4) is 5.75 Å². The molecular formula is C25H36BrFN2O5. The van der Waals surface area contributed by atoms with E-state index in [1.54, 1.807) is 13.0 Å². The molecule has 2 unspecified atom stereocenters. The van der Waals surface area contributed by atoms with E-state index in [4.69, 9.17) is 9.57 Å². The lowest BCUT2D eigenvalue weighted by atomic mass is 9.45. The number of ether oxygens (including phenoxy) is 1. The Morgan fingerprint density at radius 3 is 2.68 bits per heavy atom. The van der Waals surface area contributed by atoms with Gasteiger partial charge >= 0.3 is 0 Å². The highest BCUT2D eigenvalue weighted by Gasteiger charge is 2.57. The standard InChI is InChI=1S/C25H36BrFN2O5/c1-12-16-8-14(25(16,3)4)9-19(12)28-24(32)22-21(13(2)31)20(11-30)34-29(22)10-15-18(27)7-6-17(26)23(15)33-5/h6-7,12-14,16,19-22,30-31H,8-11H2,1-5H3,(H,28,32)/t12-,13-,14+,16?,19-,20-,21+,22?/m0/s1. The van der Waals surface area contributed by atoms with E-state index in [0.29, 0.717) is 33.4 Å². The number of halogens is 2. The fourth-order valence-electron chi connectivity index (χ4n) is 6.58. The molecule has 0 radical (unpaired) electrons. The minimum Gasteiger partial charge on any atom is -0.495 e. The average molecular weight is 543 g/mol. The first-order chi connectivity index (χ1) is 16.0. The highest BCUT2D eigenvalue weighted by Crippen LogP contribution is 2.61. The molecule has 1 aromatic rings. The van der Waals surface area contributed by atoms with Gasteiger partial charge in [-0.05, 0) is 71.0 Å². The molecule has 2 bridgehead atoms. The number of aliphatic hydroxyl groups excluding tert-OH is 2. The Balaban J connectivity index is 1.60. The lowest BCUT2D eigenvalue weighted by molar-refractivity contribution is -0.183. The maximum atomic E-state index is 14.8. The third-order valence-electron chi connectivity index (χ3n) is 8.74. The van der Waals surface area contributed by atoms with E-state index in [0.717, 1.165) is 6.42 Å². The van der Waals surface area contributed by atoms with Crippen molar-refractivity contribution >= 4 is 21.8 Å². The predicted octanol–water partition coefficient (Wildman–Crippen LogP) is 3.26. The Bertz CT molecular complexity index is 929. The van der Waals surface area contributed by atoms with Gasteiger partial charge in [-0.1, -0.05) is 20.8 Å². The Labute approximate surface area is 209 Å². The normalized spacial score (nSPS) is 35.5. The summed E-state index contributed by atoms with van der Waals surface area (Å²) in [4.78, 5) is 19.6. The molecule has 4 aliphatic rings. The van der Waals surface area contributed by atoms with Crippen molar-refractivity contribution < 1.29 is 29.0 Å². The molecule has 1 aliphatic heterocycles. The number of hydrogen-bond acceptors (Lipinski definition) is 6. The number of rotatable bonds is 7. The quantitative estimate of drug-likeness (QED) is 0.489. The number of benzene rings is 1. The Kier molecular flexibility index (Phi) is 7.33. The van der Waals surface area contributed by atoms with Crippen LogP contribution in [0.15, 0.2) is 16.6 Å². The van der Waals surface area contributed by atoms with Crippen molar-refractivity contribution in [2.45, 2.75) is 71.4 Å². The number of carbonyl (C=O) groups excluding carboxylic acids is 1. The van der Waals surface area contributed by atoms with Gasteiger partial charge < -0.3 is 20.3 Å². The molecule has 1 amide bonds. The first kappa shape index (κ1) is 25.8. The zero-order chi connectivity index (χ0) is 24.9. The zero-order valence-corrected chi connectivity index (χ0v) is 22.0. The van der Waals surface area contributed by atoms with Gasteiger partial charge in [-0.25, -0.2) is 4.39 Å². The molecule has 1 saturated heterocycles. The fourth-order valence-corrected chi connectivity index (χ4v) is 7.12. The predicted molar refractivity (Wildman–Crippen MR) is 128 cm³/mol. The smallest absolute Gasteiger partial charge is 0.240 e. The van der Waals surface area contributed by atoms with Crippen molar-refractivity contribution in [3.05, 3.63) is 28.0 Å². The Morgan fingerprint density at radius 1 is 1.41 bits per heavy atom. The number of hydrogen-bond donors (Lipinski definition) is 3. The van der Waals surface area contributed by atoms with Gasteiger partial charge in [0.1, 0.15) is 23.7 Å². The van der Waals surface area contributed by atoms with Crippen LogP contribution in [-0.4, -0.2) is 59.2 Å². The fraction of sp³-hybridized carbons (Fsp3) is 0.720. The highest BCUT2D eigenvalue weighted by molar-refractivity contribution is 9.10. The molecule has 34 heavy (non-hydrogen) atoms. The molecule has 3 saturated carbocycles. The van der Waals surface area contributed by atoms with E-state index in [1.165, 1.54) is 24.7 Å². The molecule has 1 heterocycles. The number of carbonyl (C=O) groups is 1. The van der Waals surface area contributed by atoms with Gasteiger partial charge in [0.25, 0.3) is 0 Å². The van der Waals surface area contributed by atoms with E-state index in [-0.39, 0.29) is 30.7 Å². The Hall–Kier alpha value is -1.26. The number of amides is 1. The molecule has 190 valence electrons. The van der Waals surface area contributed by atoms with E-state index in [1.807, 2.05) is 0 Å². The van der Waals surface area contributed by atoms with Crippen LogP contribution < -0.4 is 10.1 Å². The van der Waals surface area contributed by atoms with Gasteiger partial charge in [0, 0.05) is 17.5 Å². The highest BCUT2D eigenvalue weighted by atomic mass is 79.9. The van der Waals surface area contributed by atoms with Crippen molar-refractivity contribution in [2.24, 2.45) is 29.1 Å². The van der Waals surface area contributed by atoms with Gasteiger partial charge in [0.15, 0.2) is 0 Å². The van der Waals surface area contributed by atoms with Gasteiger partial charge in [0.05, 0.1) is 30.8 Å². The van der Waals surface area contributed by atoms with Crippen LogP contribution in [0, 0.1) is 34.9 Å². The van der Waals surface area contributed by atoms with Crippen LogP contribution in [0.3, 0.4) is 0 Å². The molecule has 7 nitrogen and oxygen atoms in total. The summed E-state index contributed by atoms with van der Waals surface area (Å²) in [6, 6.07) is 2.02. The zero-order valence-electron chi connectivity index (χ0n) is 20.4. The van der Waals surface area contributed by atoms with E-state index >= 15 is 0 Å². The van der Waals surface area contributed by atoms with Gasteiger partial charge in [-0.3, -0.25) is 9.63 Å². The summed E-state index contributed by atoms with van der Waals surface area (Å²) >= 11 is 3.38. The van der Waals surface area contributed by atoms with Crippen LogP contribution in [0.1, 0.15) is 46.1 Å². The van der Waals surface area contributed by atoms with Crippen LogP contribution in [0.5, 0.6) is 5.75 Å². The van der Waals surface area contributed by atoms with Crippen molar-refractivity contribution in [2.75, 3.05) is 13.7 Å². The SMILES string of the molecule is COc1c(Br)ccc(F)c1CN1O[C@@H](CO)[C@@H]([C@H](C)O)C1C(=O)N[C@H]1C[C@H]2CC([C@@H]1C)C2(C)C. The second-order valence-corrected chi connectivity index (χ2v) is 11.6. The summed E-state index contributed by atoms with van der Waals surface area (Å²) in [5.74, 6) is 0.348. The summed E-state index contributed by atoms with van der Waals surface area (Å²) in [5, 5.41) is 25.1. The molecule has 8 atom stereocenters. The average Bonchev–Trinajstić information content (AvgIpc) is 3.16. The number of methoxy groups -OCH3 is 1. The molecule has 0 aromatic heterocycles. The van der Waals surface area contributed by atoms with Crippen LogP contribution in [0.2, 0.25) is 0 Å².